The van der Waals surface area contributed by atoms with Gasteiger partial charge in [0.2, 0.25) is 41.4 Å². The summed E-state index contributed by atoms with van der Waals surface area (Å²) >= 11 is 0. The molecule has 0 bridgehead atoms. The normalized spacial score (nSPS) is 16.7. The summed E-state index contributed by atoms with van der Waals surface area (Å²) in [5.74, 6) is -6.25. The number of hydrogen-bond acceptors (Lipinski definition) is 9. The molecular formula is C37H55N9O9. The average Bonchev–Trinajstić information content (AvgIpc) is 3.78. The van der Waals surface area contributed by atoms with Crippen LogP contribution < -0.4 is 38.1 Å². The zero-order chi connectivity index (χ0) is 40.8. The molecule has 1 saturated heterocycles. The highest BCUT2D eigenvalue weighted by atomic mass is 16.4. The minimum absolute atomic E-state index is 0.141. The van der Waals surface area contributed by atoms with Crippen molar-refractivity contribution < 1.29 is 43.5 Å². The van der Waals surface area contributed by atoms with E-state index in [0.717, 1.165) is 16.5 Å². The van der Waals surface area contributed by atoms with E-state index >= 15 is 0 Å². The fourth-order valence-corrected chi connectivity index (χ4v) is 6.46. The number of fused-ring (bicyclic) bond motifs is 1. The first kappa shape index (κ1) is 43.9. The number of carbonyl (C=O) groups excluding carboxylic acids is 7. The van der Waals surface area contributed by atoms with Crippen LogP contribution in [0.3, 0.4) is 0 Å². The first-order valence-electron chi connectivity index (χ1n) is 18.6. The van der Waals surface area contributed by atoms with E-state index in [2.05, 4.69) is 31.6 Å². The number of aliphatic carboxylic acids is 1. The van der Waals surface area contributed by atoms with Crippen LogP contribution in [0.25, 0.3) is 10.9 Å². The zero-order valence-electron chi connectivity index (χ0n) is 31.8. The highest BCUT2D eigenvalue weighted by Gasteiger charge is 2.40. The molecule has 1 aromatic carbocycles. The van der Waals surface area contributed by atoms with Gasteiger partial charge >= 0.3 is 5.97 Å². The fourth-order valence-electron chi connectivity index (χ4n) is 6.46. The van der Waals surface area contributed by atoms with E-state index in [1.54, 1.807) is 20.0 Å². The molecule has 3 rings (SSSR count). The lowest BCUT2D eigenvalue weighted by atomic mass is 10.00. The molecule has 0 unspecified atom stereocenters. The van der Waals surface area contributed by atoms with Gasteiger partial charge in [0, 0.05) is 43.4 Å². The van der Waals surface area contributed by atoms with Crippen molar-refractivity contribution in [3.05, 3.63) is 36.0 Å². The minimum Gasteiger partial charge on any atom is -0.480 e. The van der Waals surface area contributed by atoms with Gasteiger partial charge in [-0.15, -0.1) is 0 Å². The van der Waals surface area contributed by atoms with E-state index in [0.29, 0.717) is 25.8 Å². The molecule has 1 fully saturated rings. The largest absolute Gasteiger partial charge is 0.480 e. The zero-order valence-corrected chi connectivity index (χ0v) is 31.8. The molecule has 1 aromatic heterocycles. The maximum Gasteiger partial charge on any atom is 0.325 e. The Balaban J connectivity index is 1.78. The van der Waals surface area contributed by atoms with Crippen LogP contribution in [-0.4, -0.2) is 112 Å². The van der Waals surface area contributed by atoms with Crippen LogP contribution >= 0.6 is 0 Å². The van der Waals surface area contributed by atoms with Crippen LogP contribution in [0.2, 0.25) is 0 Å². The lowest BCUT2D eigenvalue weighted by Gasteiger charge is -2.32. The number of nitrogens with two attached hydrogens (primary N) is 2. The smallest absolute Gasteiger partial charge is 0.325 e. The molecule has 18 heteroatoms. The number of nitrogens with zero attached hydrogens (tertiary/aromatic N) is 1. The topological polar surface area (TPSA) is 288 Å². The summed E-state index contributed by atoms with van der Waals surface area (Å²) in [6.07, 6.45) is 3.35. The third kappa shape index (κ3) is 12.8. The van der Waals surface area contributed by atoms with Crippen LogP contribution in [0.1, 0.15) is 78.2 Å². The molecule has 18 nitrogen and oxygen atoms in total. The number of nitrogens with one attached hydrogen (secondary N) is 6. The number of benzene rings is 1. The Morgan fingerprint density at radius 2 is 1.53 bits per heavy atom. The van der Waals surface area contributed by atoms with Crippen LogP contribution in [0.5, 0.6) is 0 Å². The van der Waals surface area contributed by atoms with E-state index in [1.807, 2.05) is 24.3 Å². The number of carboxylic acids is 1. The first-order chi connectivity index (χ1) is 26.0. The number of aromatic amines is 1. The Morgan fingerprint density at radius 1 is 0.873 bits per heavy atom. The Hall–Kier alpha value is -5.52. The van der Waals surface area contributed by atoms with Gasteiger partial charge in [-0.1, -0.05) is 32.0 Å². The Morgan fingerprint density at radius 3 is 2.16 bits per heavy atom. The molecular weight excluding hydrogens is 714 g/mol. The van der Waals surface area contributed by atoms with Crippen molar-refractivity contribution in [1.82, 2.24) is 36.5 Å². The Bertz CT molecular complexity index is 1710. The average molecular weight is 770 g/mol. The quantitative estimate of drug-likeness (QED) is 0.0720. The summed E-state index contributed by atoms with van der Waals surface area (Å²) in [4.78, 5) is 108. The number of carbonyl (C=O) groups is 8. The first-order valence-corrected chi connectivity index (χ1v) is 18.6. The second-order valence-corrected chi connectivity index (χ2v) is 14.2. The van der Waals surface area contributed by atoms with Gasteiger partial charge in [-0.05, 0) is 69.5 Å². The van der Waals surface area contributed by atoms with E-state index in [4.69, 9.17) is 11.5 Å². The standard InChI is InChI=1S/C37H55N9O9/c1-20(2)31(36(53)46-17-9-13-29(46)35(52)44-27(14-15-30(39)48)32(49)41-21(3)37(54)55)45-33(50)26(12-7-8-16-38)43-34(51)28(42-22(4)47)18-23-19-40-25-11-6-5-10-24(23)25/h5-6,10-11,19-21,26-29,31,40H,7-9,12-18,38H2,1-4H3,(H2,39,48)(H,41,49)(H,42,47)(H,43,51)(H,44,52)(H,45,50)(H,54,55)/t21-,26-,27-,28-,29-,31-/m0/s1. The van der Waals surface area contributed by atoms with Gasteiger partial charge < -0.3 is 53.0 Å². The number of carboxylic acid groups (broad SMARTS) is 1. The van der Waals surface area contributed by atoms with Crippen LogP contribution in [0.4, 0.5) is 0 Å². The lowest BCUT2D eigenvalue weighted by molar-refractivity contribution is -0.144. The third-order valence-corrected chi connectivity index (χ3v) is 9.48. The predicted molar refractivity (Wildman–Crippen MR) is 202 cm³/mol. The van der Waals surface area contributed by atoms with Gasteiger partial charge in [0.15, 0.2) is 0 Å². The van der Waals surface area contributed by atoms with Gasteiger partial charge in [0.05, 0.1) is 0 Å². The van der Waals surface area contributed by atoms with E-state index in [1.165, 1.54) is 18.7 Å². The molecule has 0 spiro atoms. The monoisotopic (exact) mass is 769 g/mol. The number of aromatic nitrogens is 1. The molecule has 11 N–H and O–H groups in total. The lowest BCUT2D eigenvalue weighted by Crippen LogP contribution is -2.60. The molecule has 55 heavy (non-hydrogen) atoms. The van der Waals surface area contributed by atoms with E-state index < -0.39 is 89.5 Å². The molecule has 1 aliphatic heterocycles. The van der Waals surface area contributed by atoms with Crippen molar-refractivity contribution >= 4 is 58.2 Å². The summed E-state index contributed by atoms with van der Waals surface area (Å²) in [5.41, 5.74) is 12.6. The summed E-state index contributed by atoms with van der Waals surface area (Å²) in [6.45, 7) is 6.50. The van der Waals surface area contributed by atoms with Crippen LogP contribution in [0.15, 0.2) is 30.5 Å². The van der Waals surface area contributed by atoms with Crippen molar-refractivity contribution in [3.63, 3.8) is 0 Å². The number of para-hydroxylation sites is 1. The molecule has 0 aliphatic carbocycles. The van der Waals surface area contributed by atoms with E-state index in [9.17, 15) is 43.5 Å². The number of hydrogen-bond donors (Lipinski definition) is 9. The number of amides is 7. The van der Waals surface area contributed by atoms with Crippen molar-refractivity contribution in [1.29, 1.82) is 0 Å². The van der Waals surface area contributed by atoms with Crippen molar-refractivity contribution in [2.45, 2.75) is 115 Å². The van der Waals surface area contributed by atoms with Crippen LogP contribution in [0, 0.1) is 5.92 Å². The molecule has 0 saturated carbocycles. The highest BCUT2D eigenvalue weighted by molar-refractivity contribution is 5.97. The number of primary amides is 1. The molecule has 2 aromatic rings. The second kappa shape index (κ2) is 20.8. The van der Waals surface area contributed by atoms with Crippen molar-refractivity contribution in [2.24, 2.45) is 17.4 Å². The number of unbranched alkanes of at least 4 members (excludes halogenated alkanes) is 1. The number of likely N-dealkylation sites (tertiary alicyclic amines) is 1. The maximum absolute atomic E-state index is 14.1. The summed E-state index contributed by atoms with van der Waals surface area (Å²) in [5, 5.41) is 23.2. The molecule has 1 aliphatic rings. The number of rotatable bonds is 21. The Kier molecular flexibility index (Phi) is 16.6. The maximum atomic E-state index is 14.1. The van der Waals surface area contributed by atoms with Crippen LogP contribution in [-0.2, 0) is 44.8 Å². The minimum atomic E-state index is -1.31. The fraction of sp³-hybridized carbons (Fsp3) is 0.568. The SMILES string of the molecule is CC(=O)N[C@@H](Cc1c[nH]c2ccccc12)C(=O)N[C@@H](CCCCN)C(=O)N[C@H](C(=O)N1CCC[C@H]1C(=O)N[C@@H](CCC(N)=O)C(=O)N[C@@H](C)C(=O)O)C(C)C. The molecule has 302 valence electrons. The third-order valence-electron chi connectivity index (χ3n) is 9.48. The summed E-state index contributed by atoms with van der Waals surface area (Å²) in [7, 11) is 0. The Labute approximate surface area is 319 Å². The molecule has 7 amide bonds. The molecule has 6 atom stereocenters. The number of H-pyrrole nitrogens is 1. The van der Waals surface area contributed by atoms with Crippen molar-refractivity contribution in [3.8, 4) is 0 Å². The molecule has 0 radical (unpaired) electrons. The van der Waals surface area contributed by atoms with Gasteiger partial charge in [-0.25, -0.2) is 0 Å². The predicted octanol–water partition coefficient (Wildman–Crippen LogP) is -0.700. The van der Waals surface area contributed by atoms with Crippen molar-refractivity contribution in [2.75, 3.05) is 13.1 Å². The van der Waals surface area contributed by atoms with E-state index in [-0.39, 0.29) is 38.6 Å². The highest BCUT2D eigenvalue weighted by Crippen LogP contribution is 2.22. The molecule has 2 heterocycles. The second-order valence-electron chi connectivity index (χ2n) is 14.2. The summed E-state index contributed by atoms with van der Waals surface area (Å²) in [6, 6.07) is 0.671. The van der Waals surface area contributed by atoms with Gasteiger partial charge in [-0.2, -0.15) is 0 Å². The van der Waals surface area contributed by atoms with Gasteiger partial charge in [0.25, 0.3) is 0 Å². The van der Waals surface area contributed by atoms with Gasteiger partial charge in [0.1, 0.15) is 36.3 Å². The van der Waals surface area contributed by atoms with Gasteiger partial charge in [-0.3, -0.25) is 38.4 Å². The summed E-state index contributed by atoms with van der Waals surface area (Å²) < 4.78 is 0.